The fourth-order valence-electron chi connectivity index (χ4n) is 3.80. The van der Waals surface area contributed by atoms with Crippen molar-refractivity contribution in [2.24, 2.45) is 4.99 Å². The van der Waals surface area contributed by atoms with E-state index in [1.807, 2.05) is 12.1 Å². The molecule has 2 aliphatic rings. The molecule has 0 bridgehead atoms. The molecule has 10 heteroatoms. The highest BCUT2D eigenvalue weighted by atomic mass is 79.9. The molecule has 2 amide bonds. The number of guanidine groups is 1. The van der Waals surface area contributed by atoms with Gasteiger partial charge in [0.05, 0.1) is 12.1 Å². The molecule has 0 aliphatic carbocycles. The van der Waals surface area contributed by atoms with Gasteiger partial charge in [0, 0.05) is 22.6 Å². The van der Waals surface area contributed by atoms with Crippen LogP contribution < -0.4 is 10.1 Å². The van der Waals surface area contributed by atoms with E-state index >= 15 is 0 Å². The number of hydrogen-bond acceptors (Lipinski definition) is 6. The van der Waals surface area contributed by atoms with Gasteiger partial charge in [-0.3, -0.25) is 15.0 Å². The van der Waals surface area contributed by atoms with Crippen molar-refractivity contribution in [3.8, 4) is 11.5 Å². The van der Waals surface area contributed by atoms with Crippen LogP contribution in [0.4, 0.5) is 4.79 Å². The Hall–Kier alpha value is -2.65. The second kappa shape index (κ2) is 7.74. The van der Waals surface area contributed by atoms with Gasteiger partial charge < -0.3 is 9.47 Å². The summed E-state index contributed by atoms with van der Waals surface area (Å²) in [4.78, 5) is 36.2. The standard InChI is InChI=1S/C22H22BrClN4O4/c1-11-18-14(9-16(24)25-11)22(13-8-12(23)6-7-15(13)31-18)10-17(29)28(5)19(27-22)26-20(30)32-21(2,3)4/h6-9H,10H2,1-5H3,(H,26,27,30). The molecular formula is C22H22BrClN4O4. The fourth-order valence-corrected chi connectivity index (χ4v) is 4.39. The van der Waals surface area contributed by atoms with Crippen molar-refractivity contribution < 1.29 is 19.1 Å². The smallest absolute Gasteiger partial charge is 0.414 e. The van der Waals surface area contributed by atoms with Crippen LogP contribution in [0.3, 0.4) is 0 Å². The third kappa shape index (κ3) is 3.95. The molecule has 1 N–H and O–H groups in total. The summed E-state index contributed by atoms with van der Waals surface area (Å²) in [6.07, 6.45) is -0.693. The molecule has 0 saturated heterocycles. The van der Waals surface area contributed by atoms with Gasteiger partial charge in [-0.05, 0) is 52.0 Å². The van der Waals surface area contributed by atoms with Gasteiger partial charge >= 0.3 is 6.09 Å². The number of alkyl carbamates (subject to hydrolysis) is 1. The first kappa shape index (κ1) is 22.5. The number of aryl methyl sites for hydroxylation is 1. The van der Waals surface area contributed by atoms with E-state index in [2.05, 4.69) is 26.2 Å². The molecule has 8 nitrogen and oxygen atoms in total. The van der Waals surface area contributed by atoms with Crippen molar-refractivity contribution in [1.82, 2.24) is 15.2 Å². The van der Waals surface area contributed by atoms with Crippen molar-refractivity contribution in [2.45, 2.75) is 45.3 Å². The number of ether oxygens (including phenoxy) is 2. The number of aliphatic imine (C=N–C) groups is 1. The van der Waals surface area contributed by atoms with Gasteiger partial charge in [-0.2, -0.15) is 0 Å². The molecule has 32 heavy (non-hydrogen) atoms. The van der Waals surface area contributed by atoms with E-state index in [0.29, 0.717) is 28.3 Å². The number of halogens is 2. The minimum absolute atomic E-state index is 0.0165. The Morgan fingerprint density at radius 2 is 2.03 bits per heavy atom. The molecule has 3 heterocycles. The third-order valence-corrected chi connectivity index (χ3v) is 5.85. The van der Waals surface area contributed by atoms with Crippen molar-refractivity contribution in [1.29, 1.82) is 0 Å². The summed E-state index contributed by atoms with van der Waals surface area (Å²) in [5, 5.41) is 2.88. The fraction of sp³-hybridized carbons (Fsp3) is 0.364. The highest BCUT2D eigenvalue weighted by Crippen LogP contribution is 2.53. The maximum atomic E-state index is 13.2. The van der Waals surface area contributed by atoms with Crippen LogP contribution in [-0.2, 0) is 15.1 Å². The van der Waals surface area contributed by atoms with Crippen molar-refractivity contribution in [2.75, 3.05) is 7.05 Å². The Morgan fingerprint density at radius 3 is 2.72 bits per heavy atom. The highest BCUT2D eigenvalue weighted by molar-refractivity contribution is 9.10. The minimum Gasteiger partial charge on any atom is -0.455 e. The van der Waals surface area contributed by atoms with Gasteiger partial charge in [0.2, 0.25) is 11.9 Å². The third-order valence-electron chi connectivity index (χ3n) is 5.16. The monoisotopic (exact) mass is 520 g/mol. The van der Waals surface area contributed by atoms with E-state index in [0.717, 1.165) is 4.47 Å². The molecular weight excluding hydrogens is 500 g/mol. The van der Waals surface area contributed by atoms with Gasteiger partial charge in [0.25, 0.3) is 0 Å². The Balaban J connectivity index is 1.94. The summed E-state index contributed by atoms with van der Waals surface area (Å²) in [7, 11) is 1.55. The Labute approximate surface area is 199 Å². The Bertz CT molecular complexity index is 1180. The van der Waals surface area contributed by atoms with Gasteiger partial charge in [0.15, 0.2) is 5.75 Å². The number of amides is 2. The molecule has 1 aromatic heterocycles. The topological polar surface area (TPSA) is 93.1 Å². The molecule has 1 atom stereocenters. The van der Waals surface area contributed by atoms with Crippen LogP contribution in [0.5, 0.6) is 11.5 Å². The minimum atomic E-state index is -1.17. The first-order valence-corrected chi connectivity index (χ1v) is 11.1. The van der Waals surface area contributed by atoms with Crippen LogP contribution >= 0.6 is 27.5 Å². The highest BCUT2D eigenvalue weighted by Gasteiger charge is 2.49. The normalized spacial score (nSPS) is 19.7. The van der Waals surface area contributed by atoms with Crippen LogP contribution in [0.2, 0.25) is 5.15 Å². The summed E-state index contributed by atoms with van der Waals surface area (Å²) in [6, 6.07) is 7.16. The molecule has 0 fully saturated rings. The van der Waals surface area contributed by atoms with Crippen LogP contribution in [0.1, 0.15) is 44.0 Å². The Kier molecular flexibility index (Phi) is 5.45. The van der Waals surface area contributed by atoms with Gasteiger partial charge in [-0.15, -0.1) is 0 Å². The lowest BCUT2D eigenvalue weighted by Crippen LogP contribution is -2.53. The summed E-state index contributed by atoms with van der Waals surface area (Å²) >= 11 is 9.79. The average Bonchev–Trinajstić information content (AvgIpc) is 2.66. The second-order valence-corrected chi connectivity index (χ2v) is 10.0. The zero-order chi connectivity index (χ0) is 23.4. The van der Waals surface area contributed by atoms with E-state index in [-0.39, 0.29) is 23.4 Å². The number of hydrogen-bond donors (Lipinski definition) is 1. The lowest BCUT2D eigenvalue weighted by molar-refractivity contribution is -0.128. The van der Waals surface area contributed by atoms with Crippen LogP contribution in [0.25, 0.3) is 0 Å². The predicted octanol–water partition coefficient (Wildman–Crippen LogP) is 4.90. The lowest BCUT2D eigenvalue weighted by Gasteiger charge is -2.41. The van der Waals surface area contributed by atoms with Crippen LogP contribution in [0.15, 0.2) is 33.7 Å². The summed E-state index contributed by atoms with van der Waals surface area (Å²) in [5.74, 6) is 0.864. The molecule has 1 unspecified atom stereocenters. The summed E-state index contributed by atoms with van der Waals surface area (Å²) < 4.78 is 12.3. The number of carbonyl (C=O) groups is 2. The summed E-state index contributed by atoms with van der Waals surface area (Å²) in [6.45, 7) is 7.05. The number of fused-ring (bicyclic) bond motifs is 4. The largest absolute Gasteiger partial charge is 0.455 e. The SMILES string of the molecule is Cc1nc(Cl)cc2c1Oc1ccc(Br)cc1C21CC(=O)N(C)C(NC(=O)OC(C)(C)C)=N1. The van der Waals surface area contributed by atoms with E-state index in [1.54, 1.807) is 46.9 Å². The number of pyridine rings is 1. The number of carbonyl (C=O) groups excluding carboxylic acids is 2. The van der Waals surface area contributed by atoms with Gasteiger partial charge in [-0.25, -0.2) is 14.8 Å². The first-order valence-electron chi connectivity index (χ1n) is 9.91. The zero-order valence-corrected chi connectivity index (χ0v) is 20.6. The number of nitrogens with one attached hydrogen (secondary N) is 1. The second-order valence-electron chi connectivity index (χ2n) is 8.70. The Morgan fingerprint density at radius 1 is 1.31 bits per heavy atom. The molecule has 2 aromatic rings. The van der Waals surface area contributed by atoms with E-state index in [1.165, 1.54) is 4.90 Å². The number of aromatic nitrogens is 1. The van der Waals surface area contributed by atoms with E-state index < -0.39 is 17.2 Å². The van der Waals surface area contributed by atoms with E-state index in [4.69, 9.17) is 26.1 Å². The van der Waals surface area contributed by atoms with E-state index in [9.17, 15) is 9.59 Å². The van der Waals surface area contributed by atoms with Crippen molar-refractivity contribution >= 4 is 45.5 Å². The molecule has 0 radical (unpaired) electrons. The zero-order valence-electron chi connectivity index (χ0n) is 18.2. The molecule has 4 rings (SSSR count). The van der Waals surface area contributed by atoms with Crippen molar-refractivity contribution in [3.63, 3.8) is 0 Å². The quantitative estimate of drug-likeness (QED) is 0.498. The maximum Gasteiger partial charge on any atom is 0.414 e. The molecule has 0 saturated carbocycles. The summed E-state index contributed by atoms with van der Waals surface area (Å²) in [5.41, 5.74) is -0.0310. The molecule has 168 valence electrons. The van der Waals surface area contributed by atoms with Crippen molar-refractivity contribution in [3.05, 3.63) is 50.7 Å². The maximum absolute atomic E-state index is 13.2. The number of benzene rings is 1. The average molecular weight is 522 g/mol. The first-order chi connectivity index (χ1) is 14.9. The van der Waals surface area contributed by atoms with Crippen LogP contribution in [0, 0.1) is 6.92 Å². The predicted molar refractivity (Wildman–Crippen MR) is 123 cm³/mol. The molecule has 2 aliphatic heterocycles. The number of rotatable bonds is 0. The van der Waals surface area contributed by atoms with Gasteiger partial charge in [0.1, 0.15) is 22.0 Å². The molecule has 1 aromatic carbocycles. The number of nitrogens with zero attached hydrogens (tertiary/aromatic N) is 3. The lowest BCUT2D eigenvalue weighted by atomic mass is 9.77. The van der Waals surface area contributed by atoms with Gasteiger partial charge in [-0.1, -0.05) is 27.5 Å². The van der Waals surface area contributed by atoms with Crippen LogP contribution in [-0.4, -0.2) is 40.5 Å². The molecule has 1 spiro atoms.